The minimum absolute atomic E-state index is 0.238. The Hall–Kier alpha value is -3.25. The van der Waals surface area contributed by atoms with E-state index >= 15 is 0 Å². The van der Waals surface area contributed by atoms with Gasteiger partial charge in [-0.15, -0.1) is 0 Å². The lowest BCUT2D eigenvalue weighted by molar-refractivity contribution is 0.420. The zero-order valence-electron chi connectivity index (χ0n) is 19.0. The Balaban J connectivity index is 1.61. The first-order chi connectivity index (χ1) is 16.6. The van der Waals surface area contributed by atoms with Crippen molar-refractivity contribution in [3.8, 4) is 0 Å². The van der Waals surface area contributed by atoms with E-state index in [2.05, 4.69) is 34.3 Å². The van der Waals surface area contributed by atoms with Crippen LogP contribution in [0.1, 0.15) is 35.2 Å². The lowest BCUT2D eigenvalue weighted by Gasteiger charge is -2.30. The van der Waals surface area contributed by atoms with Crippen molar-refractivity contribution in [2.75, 3.05) is 6.54 Å². The van der Waals surface area contributed by atoms with Crippen molar-refractivity contribution in [2.45, 2.75) is 29.8 Å². The molecule has 4 nitrogen and oxygen atoms in total. The van der Waals surface area contributed by atoms with Crippen molar-refractivity contribution in [1.29, 1.82) is 0 Å². The number of hydrogen-bond acceptors (Lipinski definition) is 3. The van der Waals surface area contributed by atoms with Crippen molar-refractivity contribution in [3.05, 3.63) is 138 Å². The van der Waals surface area contributed by atoms with Gasteiger partial charge < -0.3 is 5.32 Å². The van der Waals surface area contributed by atoms with Gasteiger partial charge in [-0.25, -0.2) is 13.1 Å². The first-order valence-corrected chi connectivity index (χ1v) is 13.1. The van der Waals surface area contributed by atoms with Crippen molar-refractivity contribution < 1.29 is 8.42 Å². The maximum absolute atomic E-state index is 13.3. The van der Waals surface area contributed by atoms with Crippen LogP contribution in [-0.2, 0) is 16.4 Å². The molecule has 4 aromatic rings. The van der Waals surface area contributed by atoms with E-state index in [1.54, 1.807) is 24.3 Å². The van der Waals surface area contributed by atoms with E-state index < -0.39 is 16.1 Å². The Morgan fingerprint density at radius 1 is 0.588 bits per heavy atom. The normalized spacial score (nSPS) is 13.3. The second kappa shape index (κ2) is 11.7. The standard InChI is InChI=1S/C29H30N2O2S/c32-34(33,27-21-11-4-12-22-27)31-29(26-19-9-3-10-20-26)28(25-17-7-2-8-18-25)30-23-13-16-24-14-5-1-6-15-24/h1-12,14-15,17-22,28-31H,13,16,23H2. The minimum Gasteiger partial charge on any atom is -0.308 e. The summed E-state index contributed by atoms with van der Waals surface area (Å²) in [7, 11) is -3.72. The Morgan fingerprint density at radius 2 is 1.06 bits per heavy atom. The Kier molecular flexibility index (Phi) is 8.26. The van der Waals surface area contributed by atoms with E-state index in [1.165, 1.54) is 5.56 Å². The van der Waals surface area contributed by atoms with Gasteiger partial charge in [0, 0.05) is 0 Å². The van der Waals surface area contributed by atoms with E-state index in [0.29, 0.717) is 0 Å². The van der Waals surface area contributed by atoms with Crippen molar-refractivity contribution in [2.24, 2.45) is 0 Å². The molecule has 0 bridgehead atoms. The summed E-state index contributed by atoms with van der Waals surface area (Å²) in [5.74, 6) is 0. The Bertz CT molecular complexity index is 1230. The fourth-order valence-corrected chi connectivity index (χ4v) is 5.37. The van der Waals surface area contributed by atoms with Crippen LogP contribution in [-0.4, -0.2) is 15.0 Å². The SMILES string of the molecule is O=S(=O)(NC(c1ccccc1)C(NCCCc1ccccc1)c1ccccc1)c1ccccc1. The molecule has 4 rings (SSSR count). The third kappa shape index (κ3) is 6.41. The van der Waals surface area contributed by atoms with Crippen LogP contribution >= 0.6 is 0 Å². The van der Waals surface area contributed by atoms with Gasteiger partial charge in [-0.1, -0.05) is 109 Å². The number of rotatable bonds is 11. The second-order valence-corrected chi connectivity index (χ2v) is 9.97. The van der Waals surface area contributed by atoms with Crippen LogP contribution < -0.4 is 10.0 Å². The van der Waals surface area contributed by atoms with Gasteiger partial charge >= 0.3 is 0 Å². The molecule has 0 radical (unpaired) electrons. The molecule has 4 aromatic carbocycles. The average Bonchev–Trinajstić information content (AvgIpc) is 2.90. The van der Waals surface area contributed by atoms with Gasteiger partial charge in [0.05, 0.1) is 17.0 Å². The fourth-order valence-electron chi connectivity index (χ4n) is 4.11. The number of hydrogen-bond donors (Lipinski definition) is 2. The quantitative estimate of drug-likeness (QED) is 0.278. The van der Waals surface area contributed by atoms with Gasteiger partial charge in [-0.3, -0.25) is 0 Å². The molecule has 34 heavy (non-hydrogen) atoms. The van der Waals surface area contributed by atoms with E-state index in [4.69, 9.17) is 0 Å². The van der Waals surface area contributed by atoms with Crippen molar-refractivity contribution in [1.82, 2.24) is 10.0 Å². The van der Waals surface area contributed by atoms with E-state index in [-0.39, 0.29) is 10.9 Å². The van der Waals surface area contributed by atoms with Crippen molar-refractivity contribution in [3.63, 3.8) is 0 Å². The zero-order valence-corrected chi connectivity index (χ0v) is 19.9. The van der Waals surface area contributed by atoms with Crippen LogP contribution in [0.15, 0.2) is 126 Å². The van der Waals surface area contributed by atoms with Crippen molar-refractivity contribution >= 4 is 10.0 Å². The smallest absolute Gasteiger partial charge is 0.241 e. The Labute approximate surface area is 202 Å². The molecule has 5 heteroatoms. The van der Waals surface area contributed by atoms with Gasteiger partial charge in [-0.2, -0.15) is 0 Å². The molecule has 0 saturated carbocycles. The maximum atomic E-state index is 13.3. The van der Waals surface area contributed by atoms with Crippen LogP contribution in [0.3, 0.4) is 0 Å². The monoisotopic (exact) mass is 470 g/mol. The van der Waals surface area contributed by atoms with E-state index in [1.807, 2.05) is 72.8 Å². The molecular weight excluding hydrogens is 440 g/mol. The van der Waals surface area contributed by atoms with Crippen LogP contribution in [0.4, 0.5) is 0 Å². The number of aryl methyl sites for hydroxylation is 1. The highest BCUT2D eigenvalue weighted by Gasteiger charge is 2.29. The predicted octanol–water partition coefficient (Wildman–Crippen LogP) is 5.67. The number of nitrogens with one attached hydrogen (secondary N) is 2. The summed E-state index contributed by atoms with van der Waals surface area (Å²) in [6.07, 6.45) is 1.90. The highest BCUT2D eigenvalue weighted by molar-refractivity contribution is 7.89. The van der Waals surface area contributed by atoms with Gasteiger partial charge in [0.2, 0.25) is 10.0 Å². The molecule has 0 aliphatic heterocycles. The molecule has 0 aromatic heterocycles. The van der Waals surface area contributed by atoms with Crippen LogP contribution in [0.25, 0.3) is 0 Å². The first kappa shape index (κ1) is 23.9. The number of sulfonamides is 1. The van der Waals surface area contributed by atoms with Gasteiger partial charge in [-0.05, 0) is 48.2 Å². The third-order valence-electron chi connectivity index (χ3n) is 5.84. The largest absolute Gasteiger partial charge is 0.308 e. The van der Waals surface area contributed by atoms with E-state index in [0.717, 1.165) is 30.5 Å². The summed E-state index contributed by atoms with van der Waals surface area (Å²) in [6, 6.07) is 38.0. The molecule has 0 saturated heterocycles. The van der Waals surface area contributed by atoms with Gasteiger partial charge in [0.25, 0.3) is 0 Å². The lowest BCUT2D eigenvalue weighted by atomic mass is 9.94. The summed E-state index contributed by atoms with van der Waals surface area (Å²) in [5, 5.41) is 3.65. The number of benzene rings is 4. The van der Waals surface area contributed by atoms with Gasteiger partial charge in [0.15, 0.2) is 0 Å². The van der Waals surface area contributed by atoms with E-state index in [9.17, 15) is 8.42 Å². The summed E-state index contributed by atoms with van der Waals surface area (Å²) in [6.45, 7) is 0.755. The molecule has 0 aliphatic carbocycles. The first-order valence-electron chi connectivity index (χ1n) is 11.6. The molecule has 174 valence electrons. The maximum Gasteiger partial charge on any atom is 0.241 e. The molecule has 0 spiro atoms. The zero-order chi connectivity index (χ0) is 23.6. The molecule has 0 heterocycles. The summed E-state index contributed by atoms with van der Waals surface area (Å²) >= 11 is 0. The third-order valence-corrected chi connectivity index (χ3v) is 7.29. The lowest BCUT2D eigenvalue weighted by Crippen LogP contribution is -2.39. The molecular formula is C29H30N2O2S. The average molecular weight is 471 g/mol. The second-order valence-electron chi connectivity index (χ2n) is 8.25. The predicted molar refractivity (Wildman–Crippen MR) is 138 cm³/mol. The Morgan fingerprint density at radius 3 is 1.62 bits per heavy atom. The molecule has 0 amide bonds. The van der Waals surface area contributed by atoms with Crippen LogP contribution in [0.5, 0.6) is 0 Å². The summed E-state index contributed by atoms with van der Waals surface area (Å²) < 4.78 is 29.6. The molecule has 2 unspecified atom stereocenters. The molecule has 0 fully saturated rings. The summed E-state index contributed by atoms with van der Waals surface area (Å²) in [5.41, 5.74) is 3.24. The fraction of sp³-hybridized carbons (Fsp3) is 0.172. The van der Waals surface area contributed by atoms with Crippen LogP contribution in [0.2, 0.25) is 0 Å². The molecule has 0 aliphatic rings. The van der Waals surface area contributed by atoms with Crippen LogP contribution in [0, 0.1) is 0 Å². The summed E-state index contributed by atoms with van der Waals surface area (Å²) in [4.78, 5) is 0.256. The highest BCUT2D eigenvalue weighted by Crippen LogP contribution is 2.31. The minimum atomic E-state index is -3.72. The molecule has 2 atom stereocenters. The van der Waals surface area contributed by atoms with Gasteiger partial charge in [0.1, 0.15) is 0 Å². The topological polar surface area (TPSA) is 58.2 Å². The molecule has 2 N–H and O–H groups in total. The highest BCUT2D eigenvalue weighted by atomic mass is 32.2.